The highest BCUT2D eigenvalue weighted by Gasteiger charge is 2.29. The Morgan fingerprint density at radius 1 is 0.551 bits per heavy atom. The van der Waals surface area contributed by atoms with Crippen molar-refractivity contribution >= 4 is 64.2 Å². The number of fused-ring (bicyclic) bond motifs is 7. The lowest BCUT2D eigenvalue weighted by Crippen LogP contribution is -2.24. The number of thiophene rings is 1. The molecule has 0 aliphatic heterocycles. The van der Waals surface area contributed by atoms with Gasteiger partial charge in [-0.25, -0.2) is 15.0 Å². The average molecular weight is 648 g/mol. The first-order chi connectivity index (χ1) is 24.1. The van der Waals surface area contributed by atoms with Crippen LogP contribution in [-0.2, 0) is 5.41 Å². The van der Waals surface area contributed by atoms with Gasteiger partial charge < -0.3 is 4.42 Å². The van der Waals surface area contributed by atoms with E-state index in [1.165, 1.54) is 30.9 Å². The van der Waals surface area contributed by atoms with Crippen molar-refractivity contribution in [3.63, 3.8) is 0 Å². The maximum Gasteiger partial charge on any atom is 0.163 e. The molecule has 3 aromatic heterocycles. The number of furan rings is 1. The molecule has 232 valence electrons. The van der Waals surface area contributed by atoms with Gasteiger partial charge in [0.15, 0.2) is 11.6 Å². The Balaban J connectivity index is 1.10. The van der Waals surface area contributed by atoms with Crippen molar-refractivity contribution in [2.45, 2.75) is 18.8 Å². The fraction of sp³-hybridized carbons (Fsp3) is 0.0682. The van der Waals surface area contributed by atoms with Crippen LogP contribution in [0, 0.1) is 0 Å². The van der Waals surface area contributed by atoms with Crippen LogP contribution in [0.5, 0.6) is 0 Å². The van der Waals surface area contributed by atoms with E-state index in [4.69, 9.17) is 19.4 Å². The Kier molecular flexibility index (Phi) is 6.21. The van der Waals surface area contributed by atoms with Gasteiger partial charge in [-0.3, -0.25) is 0 Å². The molecular weight excluding hydrogens is 619 g/mol. The number of rotatable bonds is 4. The highest BCUT2D eigenvalue weighted by Crippen LogP contribution is 2.39. The van der Waals surface area contributed by atoms with Crippen LogP contribution < -0.4 is 0 Å². The molecule has 9 aromatic rings. The summed E-state index contributed by atoms with van der Waals surface area (Å²) in [6, 6.07) is 43.0. The zero-order valence-electron chi connectivity index (χ0n) is 26.7. The van der Waals surface area contributed by atoms with Gasteiger partial charge in [0.1, 0.15) is 17.0 Å². The summed E-state index contributed by atoms with van der Waals surface area (Å²) >= 11 is 1.85. The molecule has 10 rings (SSSR count). The van der Waals surface area contributed by atoms with Gasteiger partial charge in [-0.2, -0.15) is 0 Å². The third-order valence-electron chi connectivity index (χ3n) is 9.82. The van der Waals surface area contributed by atoms with E-state index in [1.807, 2.05) is 41.7 Å². The molecule has 0 N–H and O–H groups in total. The van der Waals surface area contributed by atoms with Gasteiger partial charge in [0, 0.05) is 47.5 Å². The maximum atomic E-state index is 6.12. The minimum Gasteiger partial charge on any atom is -0.456 e. The van der Waals surface area contributed by atoms with E-state index in [1.54, 1.807) is 0 Å². The molecule has 5 heteroatoms. The Labute approximate surface area is 286 Å². The lowest BCUT2D eigenvalue weighted by molar-refractivity contribution is 0.554. The zero-order chi connectivity index (χ0) is 32.5. The summed E-state index contributed by atoms with van der Waals surface area (Å²) in [5.74, 6) is 2.07. The number of nitrogens with zero attached hydrogens (tertiary/aromatic N) is 3. The molecular formula is C44H29N3OS. The topological polar surface area (TPSA) is 51.8 Å². The second-order valence-electron chi connectivity index (χ2n) is 13.1. The molecule has 1 atom stereocenters. The molecule has 0 saturated carbocycles. The van der Waals surface area contributed by atoms with Crippen LogP contribution in [0.3, 0.4) is 0 Å². The molecule has 0 amide bonds. The van der Waals surface area contributed by atoms with E-state index in [2.05, 4.69) is 122 Å². The minimum absolute atomic E-state index is 0.346. The van der Waals surface area contributed by atoms with Gasteiger partial charge >= 0.3 is 0 Å². The van der Waals surface area contributed by atoms with Crippen LogP contribution in [0.25, 0.3) is 86.8 Å². The van der Waals surface area contributed by atoms with E-state index in [0.717, 1.165) is 56.4 Å². The van der Waals surface area contributed by atoms with Crippen molar-refractivity contribution in [2.75, 3.05) is 0 Å². The van der Waals surface area contributed by atoms with Crippen molar-refractivity contribution in [1.82, 2.24) is 15.0 Å². The lowest BCUT2D eigenvalue weighted by Gasteiger charge is -2.25. The van der Waals surface area contributed by atoms with Crippen molar-refractivity contribution in [3.05, 3.63) is 151 Å². The number of hydrogen-bond donors (Lipinski definition) is 0. The average Bonchev–Trinajstić information content (AvgIpc) is 3.71. The van der Waals surface area contributed by atoms with Gasteiger partial charge in [-0.15, -0.1) is 11.3 Å². The van der Waals surface area contributed by atoms with Crippen LogP contribution in [0.1, 0.15) is 19.2 Å². The minimum atomic E-state index is -0.346. The molecule has 0 spiro atoms. The molecule has 4 nitrogen and oxygen atoms in total. The Bertz CT molecular complexity index is 2840. The normalized spacial score (nSPS) is 16.1. The number of para-hydroxylation sites is 1. The third kappa shape index (κ3) is 4.69. The summed E-state index contributed by atoms with van der Waals surface area (Å²) in [5.41, 5.74) is 5.55. The molecule has 0 fully saturated rings. The highest BCUT2D eigenvalue weighted by atomic mass is 32.1. The summed E-state index contributed by atoms with van der Waals surface area (Å²) in [5, 5.41) is 7.25. The first kappa shape index (κ1) is 28.1. The number of allylic oxidation sites excluding steroid dienone is 4. The highest BCUT2D eigenvalue weighted by molar-refractivity contribution is 7.25. The van der Waals surface area contributed by atoms with Crippen LogP contribution in [-0.4, -0.2) is 15.0 Å². The van der Waals surface area contributed by atoms with E-state index in [0.29, 0.717) is 11.6 Å². The van der Waals surface area contributed by atoms with Crippen LogP contribution in [0.2, 0.25) is 0 Å². The van der Waals surface area contributed by atoms with Crippen molar-refractivity contribution in [1.29, 1.82) is 0 Å². The lowest BCUT2D eigenvalue weighted by atomic mass is 9.83. The molecule has 0 saturated heterocycles. The summed E-state index contributed by atoms with van der Waals surface area (Å²) < 4.78 is 8.75. The van der Waals surface area contributed by atoms with E-state index < -0.39 is 0 Å². The molecule has 0 radical (unpaired) electrons. The molecule has 3 heterocycles. The molecule has 0 bridgehead atoms. The third-order valence-corrected chi connectivity index (χ3v) is 11.0. The van der Waals surface area contributed by atoms with Gasteiger partial charge in [0.25, 0.3) is 0 Å². The van der Waals surface area contributed by atoms with Crippen molar-refractivity contribution < 1.29 is 4.42 Å². The van der Waals surface area contributed by atoms with E-state index in [9.17, 15) is 0 Å². The SMILES string of the molecule is CC1(c2nc(-c3cccc(-c4ccc5cc6c(cc5c4)sc4ccccc46)c3)nc(-c3ccc4oc5ccccc5c4c3)n2)C=CC=CC1. The second-order valence-corrected chi connectivity index (χ2v) is 14.2. The molecule has 1 unspecified atom stereocenters. The summed E-state index contributed by atoms with van der Waals surface area (Å²) in [6.07, 6.45) is 9.37. The maximum absolute atomic E-state index is 6.12. The van der Waals surface area contributed by atoms with Crippen molar-refractivity contribution in [3.8, 4) is 33.9 Å². The molecule has 1 aliphatic rings. The smallest absolute Gasteiger partial charge is 0.163 e. The summed E-state index contributed by atoms with van der Waals surface area (Å²) in [4.78, 5) is 15.4. The first-order valence-electron chi connectivity index (χ1n) is 16.6. The number of aromatic nitrogens is 3. The second kappa shape index (κ2) is 10.8. The van der Waals surface area contributed by atoms with Gasteiger partial charge in [0.05, 0.1) is 0 Å². The first-order valence-corrected chi connectivity index (χ1v) is 17.4. The zero-order valence-corrected chi connectivity index (χ0v) is 27.5. The fourth-order valence-corrected chi connectivity index (χ4v) is 8.27. The Morgan fingerprint density at radius 3 is 2.18 bits per heavy atom. The monoisotopic (exact) mass is 647 g/mol. The standard InChI is InChI=1S/C44H29N3OS/c1-44(20-7-2-8-21-44)43-46-41(45-42(47-43)31-18-19-38-35(25-31)33-12-3-5-14-37(33)48-38)30-11-9-10-27(22-30)28-16-17-29-24-36-34-13-4-6-15-39(34)49-40(36)26-32(29)23-28/h2-20,22-26H,21H2,1H3. The quantitative estimate of drug-likeness (QED) is 0.191. The number of benzene rings is 6. The van der Waals surface area contributed by atoms with E-state index in [-0.39, 0.29) is 5.41 Å². The predicted molar refractivity (Wildman–Crippen MR) is 204 cm³/mol. The van der Waals surface area contributed by atoms with Gasteiger partial charge in [0.2, 0.25) is 0 Å². The fourth-order valence-electron chi connectivity index (χ4n) is 7.13. The molecule has 6 aromatic carbocycles. The van der Waals surface area contributed by atoms with Crippen LogP contribution in [0.4, 0.5) is 0 Å². The number of hydrogen-bond acceptors (Lipinski definition) is 5. The van der Waals surface area contributed by atoms with Gasteiger partial charge in [-0.05, 0) is 89.8 Å². The van der Waals surface area contributed by atoms with Gasteiger partial charge in [-0.1, -0.05) is 91.0 Å². The molecule has 49 heavy (non-hydrogen) atoms. The summed E-state index contributed by atoms with van der Waals surface area (Å²) in [6.45, 7) is 2.20. The predicted octanol–water partition coefficient (Wildman–Crippen LogP) is 12.1. The summed E-state index contributed by atoms with van der Waals surface area (Å²) in [7, 11) is 0. The van der Waals surface area contributed by atoms with Crippen LogP contribution >= 0.6 is 11.3 Å². The van der Waals surface area contributed by atoms with E-state index >= 15 is 0 Å². The largest absolute Gasteiger partial charge is 0.456 e. The van der Waals surface area contributed by atoms with Crippen LogP contribution in [0.15, 0.2) is 150 Å². The Morgan fingerprint density at radius 2 is 1.31 bits per heavy atom. The Hall–Kier alpha value is -5.91. The molecule has 1 aliphatic carbocycles. The van der Waals surface area contributed by atoms with Crippen molar-refractivity contribution in [2.24, 2.45) is 0 Å².